The van der Waals surface area contributed by atoms with Gasteiger partial charge in [-0.1, -0.05) is 31.9 Å². The van der Waals surface area contributed by atoms with Gasteiger partial charge in [-0.3, -0.25) is 0 Å². The summed E-state index contributed by atoms with van der Waals surface area (Å²) in [7, 11) is 0. The highest BCUT2D eigenvalue weighted by Crippen LogP contribution is 2.33. The van der Waals surface area contributed by atoms with Gasteiger partial charge in [0.15, 0.2) is 0 Å². The number of aromatic hydroxyl groups is 1. The highest BCUT2D eigenvalue weighted by molar-refractivity contribution is 6.32. The number of phenolic OH excluding ortho intramolecular Hbond substituents is 1. The molecule has 0 amide bonds. The minimum atomic E-state index is 0.141. The molecule has 2 atom stereocenters. The summed E-state index contributed by atoms with van der Waals surface area (Å²) in [6, 6.07) is 5.83. The fourth-order valence-electron chi connectivity index (χ4n) is 2.76. The summed E-state index contributed by atoms with van der Waals surface area (Å²) in [6.45, 7) is 4.60. The fraction of sp³-hybridized carbons (Fsp3) is 0.571. The second-order valence-corrected chi connectivity index (χ2v) is 5.63. The lowest BCUT2D eigenvalue weighted by Crippen LogP contribution is -2.37. The first-order valence-corrected chi connectivity index (χ1v) is 6.71. The predicted octanol–water partition coefficient (Wildman–Crippen LogP) is 4.28. The summed E-state index contributed by atoms with van der Waals surface area (Å²) in [6.07, 6.45) is 3.90. The van der Waals surface area contributed by atoms with E-state index < -0.39 is 0 Å². The lowest BCUT2D eigenvalue weighted by atomic mass is 9.78. The van der Waals surface area contributed by atoms with Gasteiger partial charge in [0.25, 0.3) is 0 Å². The average molecular weight is 254 g/mol. The second kappa shape index (κ2) is 5.18. The third-order valence-electron chi connectivity index (χ3n) is 3.83. The number of halogens is 1. The van der Waals surface area contributed by atoms with Crippen molar-refractivity contribution in [2.75, 3.05) is 5.32 Å². The van der Waals surface area contributed by atoms with Crippen LogP contribution in [0.4, 0.5) is 5.69 Å². The fourth-order valence-corrected chi connectivity index (χ4v) is 2.94. The molecule has 0 aliphatic heterocycles. The van der Waals surface area contributed by atoms with E-state index >= 15 is 0 Å². The van der Waals surface area contributed by atoms with E-state index in [0.29, 0.717) is 22.9 Å². The van der Waals surface area contributed by atoms with Gasteiger partial charge < -0.3 is 10.4 Å². The second-order valence-electron chi connectivity index (χ2n) is 5.22. The van der Waals surface area contributed by atoms with Gasteiger partial charge in [0.1, 0.15) is 5.75 Å². The molecule has 1 aromatic rings. The molecule has 0 saturated heterocycles. The lowest BCUT2D eigenvalue weighted by molar-refractivity contribution is 0.268. The maximum absolute atomic E-state index is 9.39. The Hall–Kier alpha value is -0.890. The van der Waals surface area contributed by atoms with E-state index in [1.165, 1.54) is 19.3 Å². The molecule has 1 aromatic carbocycles. The van der Waals surface area contributed by atoms with Gasteiger partial charge in [-0.25, -0.2) is 0 Å². The van der Waals surface area contributed by atoms with Crippen LogP contribution in [0.2, 0.25) is 5.02 Å². The molecule has 0 radical (unpaired) electrons. The molecule has 17 heavy (non-hydrogen) atoms. The number of anilines is 1. The zero-order valence-corrected chi connectivity index (χ0v) is 11.2. The van der Waals surface area contributed by atoms with Crippen LogP contribution in [0.3, 0.4) is 0 Å². The first-order valence-electron chi connectivity index (χ1n) is 6.33. The molecule has 1 aliphatic carbocycles. The standard InChI is InChI=1S/C14H20ClNO/c1-9-4-3-5-10(2)14(9)16-11-6-7-13(17)12(15)8-11/h6-10,14,16-17H,3-5H2,1-2H3. The van der Waals surface area contributed by atoms with E-state index in [9.17, 15) is 5.11 Å². The van der Waals surface area contributed by atoms with Crippen molar-refractivity contribution in [1.29, 1.82) is 0 Å². The van der Waals surface area contributed by atoms with Crippen LogP contribution in [0, 0.1) is 11.8 Å². The number of phenols is 1. The van der Waals surface area contributed by atoms with E-state index in [4.69, 9.17) is 11.6 Å². The van der Waals surface area contributed by atoms with Gasteiger partial charge in [-0.2, -0.15) is 0 Å². The summed E-state index contributed by atoms with van der Waals surface area (Å²) < 4.78 is 0. The third kappa shape index (κ3) is 2.86. The molecular weight excluding hydrogens is 234 g/mol. The third-order valence-corrected chi connectivity index (χ3v) is 4.13. The molecule has 2 unspecified atom stereocenters. The first kappa shape index (κ1) is 12.6. The number of benzene rings is 1. The maximum atomic E-state index is 9.39. The van der Waals surface area contributed by atoms with Crippen LogP contribution in [0.25, 0.3) is 0 Å². The molecule has 0 aromatic heterocycles. The Bertz CT molecular complexity index is 384. The molecule has 94 valence electrons. The number of nitrogens with one attached hydrogen (secondary N) is 1. The first-order chi connectivity index (χ1) is 8.08. The summed E-state index contributed by atoms with van der Waals surface area (Å²) >= 11 is 5.91. The molecule has 0 bridgehead atoms. The quantitative estimate of drug-likeness (QED) is 0.771. The summed E-state index contributed by atoms with van der Waals surface area (Å²) in [5.74, 6) is 1.51. The van der Waals surface area contributed by atoms with Crippen LogP contribution < -0.4 is 5.32 Å². The van der Waals surface area contributed by atoms with Crippen LogP contribution in [-0.4, -0.2) is 11.1 Å². The largest absolute Gasteiger partial charge is 0.506 e. The summed E-state index contributed by atoms with van der Waals surface area (Å²) in [5.41, 5.74) is 0.999. The molecule has 3 heteroatoms. The zero-order chi connectivity index (χ0) is 12.4. The summed E-state index contributed by atoms with van der Waals surface area (Å²) in [4.78, 5) is 0. The molecule has 1 fully saturated rings. The van der Waals surface area contributed by atoms with Crippen LogP contribution in [0.5, 0.6) is 5.75 Å². The van der Waals surface area contributed by atoms with Crippen LogP contribution >= 0.6 is 11.6 Å². The monoisotopic (exact) mass is 253 g/mol. The molecule has 2 rings (SSSR count). The number of rotatable bonds is 2. The zero-order valence-electron chi connectivity index (χ0n) is 10.4. The minimum Gasteiger partial charge on any atom is -0.506 e. The van der Waals surface area contributed by atoms with Gasteiger partial charge in [-0.15, -0.1) is 0 Å². The van der Waals surface area contributed by atoms with Crippen molar-refractivity contribution in [1.82, 2.24) is 0 Å². The summed E-state index contributed by atoms with van der Waals surface area (Å²) in [5, 5.41) is 13.4. The van der Waals surface area contributed by atoms with Crippen LogP contribution in [0.1, 0.15) is 33.1 Å². The van der Waals surface area contributed by atoms with Crippen molar-refractivity contribution in [3.63, 3.8) is 0 Å². The molecule has 0 spiro atoms. The van der Waals surface area contributed by atoms with Crippen molar-refractivity contribution in [2.24, 2.45) is 11.8 Å². The molecule has 1 saturated carbocycles. The van der Waals surface area contributed by atoms with E-state index in [1.807, 2.05) is 6.07 Å². The van der Waals surface area contributed by atoms with Gasteiger partial charge >= 0.3 is 0 Å². The topological polar surface area (TPSA) is 32.3 Å². The Labute approximate surface area is 108 Å². The average Bonchev–Trinajstić information content (AvgIpc) is 2.28. The smallest absolute Gasteiger partial charge is 0.134 e. The molecule has 0 heterocycles. The Morgan fingerprint density at radius 2 is 1.88 bits per heavy atom. The number of hydrogen-bond donors (Lipinski definition) is 2. The van der Waals surface area contributed by atoms with Crippen molar-refractivity contribution in [2.45, 2.75) is 39.2 Å². The lowest BCUT2D eigenvalue weighted by Gasteiger charge is -2.36. The normalized spacial score (nSPS) is 29.0. The number of hydrogen-bond acceptors (Lipinski definition) is 2. The van der Waals surface area contributed by atoms with Gasteiger partial charge in [-0.05, 0) is 42.9 Å². The van der Waals surface area contributed by atoms with Crippen molar-refractivity contribution in [3.8, 4) is 5.75 Å². The van der Waals surface area contributed by atoms with Gasteiger partial charge in [0, 0.05) is 11.7 Å². The Morgan fingerprint density at radius 1 is 1.24 bits per heavy atom. The Balaban J connectivity index is 2.10. The molecule has 2 nitrogen and oxygen atoms in total. The van der Waals surface area contributed by atoms with E-state index in [-0.39, 0.29) is 5.75 Å². The van der Waals surface area contributed by atoms with Gasteiger partial charge in [0.05, 0.1) is 5.02 Å². The van der Waals surface area contributed by atoms with E-state index in [0.717, 1.165) is 5.69 Å². The van der Waals surface area contributed by atoms with Crippen molar-refractivity contribution in [3.05, 3.63) is 23.2 Å². The highest BCUT2D eigenvalue weighted by atomic mass is 35.5. The van der Waals surface area contributed by atoms with E-state index in [2.05, 4.69) is 19.2 Å². The maximum Gasteiger partial charge on any atom is 0.134 e. The van der Waals surface area contributed by atoms with E-state index in [1.54, 1.807) is 12.1 Å². The molecular formula is C14H20ClNO. The Morgan fingerprint density at radius 3 is 2.47 bits per heavy atom. The highest BCUT2D eigenvalue weighted by Gasteiger charge is 2.27. The minimum absolute atomic E-state index is 0.141. The SMILES string of the molecule is CC1CCCC(C)C1Nc1ccc(O)c(Cl)c1. The molecule has 2 N–H and O–H groups in total. The van der Waals surface area contributed by atoms with Crippen molar-refractivity contribution >= 4 is 17.3 Å². The predicted molar refractivity (Wildman–Crippen MR) is 72.7 cm³/mol. The van der Waals surface area contributed by atoms with Crippen LogP contribution in [-0.2, 0) is 0 Å². The van der Waals surface area contributed by atoms with Crippen LogP contribution in [0.15, 0.2) is 18.2 Å². The Kier molecular flexibility index (Phi) is 3.82. The molecule has 1 aliphatic rings. The van der Waals surface area contributed by atoms with Gasteiger partial charge in [0.2, 0.25) is 0 Å². The van der Waals surface area contributed by atoms with Crippen molar-refractivity contribution < 1.29 is 5.11 Å².